The third kappa shape index (κ3) is 1.62. The first-order valence-electron chi connectivity index (χ1n) is 5.68. The molecule has 0 spiro atoms. The van der Waals surface area contributed by atoms with Gasteiger partial charge in [-0.1, -0.05) is 44.0 Å². The van der Waals surface area contributed by atoms with Crippen LogP contribution in [0.2, 0.25) is 0 Å². The van der Waals surface area contributed by atoms with E-state index < -0.39 is 0 Å². The van der Waals surface area contributed by atoms with Crippen molar-refractivity contribution in [3.05, 3.63) is 40.6 Å². The van der Waals surface area contributed by atoms with E-state index >= 15 is 0 Å². The van der Waals surface area contributed by atoms with Crippen LogP contribution in [0.4, 0.5) is 0 Å². The van der Waals surface area contributed by atoms with E-state index in [4.69, 9.17) is 0 Å². The highest BCUT2D eigenvalue weighted by Gasteiger charge is 2.37. The summed E-state index contributed by atoms with van der Waals surface area (Å²) in [5.41, 5.74) is 2.23. The smallest absolute Gasteiger partial charge is 0.290 e. The summed E-state index contributed by atoms with van der Waals surface area (Å²) >= 11 is 7.05. The van der Waals surface area contributed by atoms with Crippen LogP contribution in [0.15, 0.2) is 24.3 Å². The average molecular weight is 375 g/mol. The highest BCUT2D eigenvalue weighted by Crippen LogP contribution is 2.43. The lowest BCUT2D eigenvalue weighted by Crippen LogP contribution is -2.32. The molecule has 0 saturated heterocycles. The number of benzene rings is 1. The second-order valence-corrected chi connectivity index (χ2v) is 6.59. The second kappa shape index (κ2) is 4.35. The van der Waals surface area contributed by atoms with Crippen molar-refractivity contribution in [1.82, 2.24) is 4.73 Å². The first-order chi connectivity index (χ1) is 8.61. The SMILES string of the molecule is O=[n+]1c2c(n(O)c3ccccc31)[C@@H](Br)CC[C@@H]2Br. The summed E-state index contributed by atoms with van der Waals surface area (Å²) in [6.07, 6.45) is 1.74. The predicted octanol–water partition coefficient (Wildman–Crippen LogP) is 3.46. The molecule has 0 radical (unpaired) electrons. The van der Waals surface area contributed by atoms with Crippen molar-refractivity contribution >= 4 is 42.9 Å². The van der Waals surface area contributed by atoms with Gasteiger partial charge >= 0.3 is 0 Å². The lowest BCUT2D eigenvalue weighted by atomic mass is 9.99. The molecule has 1 aliphatic rings. The molecule has 94 valence electrons. The van der Waals surface area contributed by atoms with Crippen LogP contribution in [0.25, 0.3) is 11.0 Å². The quantitative estimate of drug-likeness (QED) is 0.436. The van der Waals surface area contributed by atoms with Crippen LogP contribution < -0.4 is 4.43 Å². The molecule has 0 saturated carbocycles. The van der Waals surface area contributed by atoms with E-state index in [2.05, 4.69) is 31.9 Å². The molecular formula is C12H11Br2N2O2+. The van der Waals surface area contributed by atoms with Crippen LogP contribution >= 0.6 is 31.9 Å². The molecule has 0 amide bonds. The van der Waals surface area contributed by atoms with Gasteiger partial charge in [0.1, 0.15) is 10.5 Å². The Morgan fingerprint density at radius 2 is 1.89 bits per heavy atom. The summed E-state index contributed by atoms with van der Waals surface area (Å²) < 4.78 is 2.05. The highest BCUT2D eigenvalue weighted by atomic mass is 79.9. The summed E-state index contributed by atoms with van der Waals surface area (Å²) in [4.78, 5) is 12.4. The van der Waals surface area contributed by atoms with Crippen molar-refractivity contribution in [3.8, 4) is 0 Å². The van der Waals surface area contributed by atoms with Crippen LogP contribution in [-0.4, -0.2) is 9.94 Å². The van der Waals surface area contributed by atoms with Crippen LogP contribution in [0.5, 0.6) is 0 Å². The van der Waals surface area contributed by atoms with Gasteiger partial charge in [0.2, 0.25) is 0 Å². The number of alkyl halides is 2. The molecule has 1 aromatic carbocycles. The molecule has 0 bridgehead atoms. The fourth-order valence-corrected chi connectivity index (χ4v) is 3.81. The standard InChI is InChI=1S/C12H11Br2N2O2/c13-7-5-6-8(14)12-11(7)15(17)9-3-1-2-4-10(9)16(12)18/h1-4,7-8,17H,5-6H2/q+1/t7-,8-/m0/s1. The Hall–Kier alpha value is -0.880. The number of aromatic nitrogens is 2. The molecule has 0 aliphatic heterocycles. The number of nitrogens with zero attached hydrogens (tertiary/aromatic N) is 2. The number of fused-ring (bicyclic) bond motifs is 2. The maximum atomic E-state index is 12.4. The van der Waals surface area contributed by atoms with Crippen molar-refractivity contribution in [1.29, 1.82) is 0 Å². The van der Waals surface area contributed by atoms with Gasteiger partial charge in [0.15, 0.2) is 5.52 Å². The van der Waals surface area contributed by atoms with Crippen molar-refractivity contribution in [2.24, 2.45) is 0 Å². The van der Waals surface area contributed by atoms with E-state index in [1.54, 1.807) is 24.3 Å². The van der Waals surface area contributed by atoms with E-state index in [0.717, 1.165) is 22.0 Å². The third-order valence-corrected chi connectivity index (χ3v) is 5.09. The van der Waals surface area contributed by atoms with E-state index in [9.17, 15) is 10.1 Å². The zero-order chi connectivity index (χ0) is 12.9. The summed E-state index contributed by atoms with van der Waals surface area (Å²) in [6, 6.07) is 7.05. The first-order valence-corrected chi connectivity index (χ1v) is 7.52. The molecular weight excluding hydrogens is 364 g/mol. The van der Waals surface area contributed by atoms with Gasteiger partial charge in [-0.3, -0.25) is 0 Å². The molecule has 18 heavy (non-hydrogen) atoms. The number of halogens is 2. The lowest BCUT2D eigenvalue weighted by molar-refractivity contribution is -0.477. The Bertz CT molecular complexity index is 684. The van der Waals surface area contributed by atoms with E-state index in [0.29, 0.717) is 22.4 Å². The highest BCUT2D eigenvalue weighted by molar-refractivity contribution is 9.09. The van der Waals surface area contributed by atoms with Gasteiger partial charge in [-0.15, -0.1) is 0 Å². The minimum Gasteiger partial charge on any atom is -0.428 e. The molecule has 1 aromatic heterocycles. The molecule has 2 aromatic rings. The Labute approximate surface area is 120 Å². The predicted molar refractivity (Wildman–Crippen MR) is 75.1 cm³/mol. The summed E-state index contributed by atoms with van der Waals surface area (Å²) in [7, 11) is 0. The fourth-order valence-electron chi connectivity index (χ4n) is 2.43. The van der Waals surface area contributed by atoms with Crippen molar-refractivity contribution in [2.45, 2.75) is 22.5 Å². The first kappa shape index (κ1) is 12.2. The Kier molecular flexibility index (Phi) is 2.94. The number of hydrogen-bond donors (Lipinski definition) is 1. The molecule has 6 heteroatoms. The van der Waals surface area contributed by atoms with Gasteiger partial charge in [0.25, 0.3) is 11.2 Å². The van der Waals surface area contributed by atoms with E-state index in [1.807, 2.05) is 0 Å². The third-order valence-electron chi connectivity index (χ3n) is 3.31. The molecule has 2 atom stereocenters. The van der Waals surface area contributed by atoms with Gasteiger partial charge in [0, 0.05) is 11.0 Å². The number of rotatable bonds is 0. The van der Waals surface area contributed by atoms with Crippen LogP contribution in [-0.2, 0) is 0 Å². The fraction of sp³-hybridized carbons (Fsp3) is 0.333. The minimum absolute atomic E-state index is 0.00361. The second-order valence-electron chi connectivity index (χ2n) is 4.38. The normalized spacial score (nSPS) is 23.0. The summed E-state index contributed by atoms with van der Waals surface area (Å²) in [5, 5.41) is 10.3. The molecule has 4 nitrogen and oxygen atoms in total. The van der Waals surface area contributed by atoms with Crippen LogP contribution in [0, 0.1) is 4.91 Å². The van der Waals surface area contributed by atoms with Gasteiger partial charge in [-0.25, -0.2) is 0 Å². The van der Waals surface area contributed by atoms with Gasteiger partial charge in [-0.05, 0) is 18.9 Å². The number of para-hydroxylation sites is 2. The maximum Gasteiger partial charge on any atom is 0.290 e. The largest absolute Gasteiger partial charge is 0.428 e. The molecule has 1 heterocycles. The summed E-state index contributed by atoms with van der Waals surface area (Å²) in [5.74, 6) is 0. The van der Waals surface area contributed by atoms with E-state index in [-0.39, 0.29) is 9.65 Å². The maximum absolute atomic E-state index is 12.4. The van der Waals surface area contributed by atoms with Crippen molar-refractivity contribution in [3.63, 3.8) is 0 Å². The monoisotopic (exact) mass is 373 g/mol. The van der Waals surface area contributed by atoms with Crippen LogP contribution in [0.3, 0.4) is 0 Å². The molecule has 0 fully saturated rings. The average Bonchev–Trinajstić information content (AvgIpc) is 2.38. The van der Waals surface area contributed by atoms with Crippen molar-refractivity contribution < 1.29 is 9.63 Å². The molecule has 1 aliphatic carbocycles. The Morgan fingerprint density at radius 1 is 1.22 bits per heavy atom. The topological polar surface area (TPSA) is 48.1 Å². The Balaban J connectivity index is 2.50. The number of hydrogen-bond acceptors (Lipinski definition) is 2. The zero-order valence-corrected chi connectivity index (χ0v) is 12.6. The summed E-state index contributed by atoms with van der Waals surface area (Å²) in [6.45, 7) is 0. The van der Waals surface area contributed by atoms with Gasteiger partial charge < -0.3 is 5.21 Å². The van der Waals surface area contributed by atoms with Gasteiger partial charge in [0.05, 0.1) is 9.25 Å². The van der Waals surface area contributed by atoms with Crippen LogP contribution in [0.1, 0.15) is 33.9 Å². The van der Waals surface area contributed by atoms with Crippen molar-refractivity contribution in [2.75, 3.05) is 0 Å². The zero-order valence-electron chi connectivity index (χ0n) is 9.38. The minimum atomic E-state index is -0.0261. The van der Waals surface area contributed by atoms with Gasteiger partial charge in [-0.2, -0.15) is 4.73 Å². The molecule has 0 unspecified atom stereocenters. The molecule has 1 N–H and O–H groups in total. The lowest BCUT2D eigenvalue weighted by Gasteiger charge is -2.21. The van der Waals surface area contributed by atoms with E-state index in [1.165, 1.54) is 0 Å². The molecule has 3 rings (SSSR count). The Morgan fingerprint density at radius 3 is 2.67 bits per heavy atom.